The minimum absolute atomic E-state index is 0.134. The number of hydrazine groups is 1. The van der Waals surface area contributed by atoms with Crippen LogP contribution in [0.4, 0.5) is 0 Å². The van der Waals surface area contributed by atoms with Crippen molar-refractivity contribution < 1.29 is 19.1 Å². The van der Waals surface area contributed by atoms with Crippen LogP contribution >= 0.6 is 15.9 Å². The summed E-state index contributed by atoms with van der Waals surface area (Å²) in [7, 11) is 1.72. The second kappa shape index (κ2) is 9.27. The van der Waals surface area contributed by atoms with E-state index in [0.717, 1.165) is 4.47 Å². The fourth-order valence-electron chi connectivity index (χ4n) is 2.76. The predicted molar refractivity (Wildman–Crippen MR) is 114 cm³/mol. The molecule has 30 heavy (non-hydrogen) atoms. The number of carbonyl (C=O) groups is 3. The molecule has 0 bridgehead atoms. The van der Waals surface area contributed by atoms with Crippen molar-refractivity contribution in [1.82, 2.24) is 15.4 Å². The van der Waals surface area contributed by atoms with Crippen LogP contribution in [0, 0.1) is 0 Å². The molecule has 8 nitrogen and oxygen atoms in total. The van der Waals surface area contributed by atoms with E-state index in [1.165, 1.54) is 0 Å². The molecule has 0 unspecified atom stereocenters. The second-order valence-electron chi connectivity index (χ2n) is 6.41. The number of hydrogen-bond acceptors (Lipinski definition) is 4. The van der Waals surface area contributed by atoms with Gasteiger partial charge in [-0.15, -0.1) is 0 Å². The van der Waals surface area contributed by atoms with E-state index in [9.17, 15) is 14.4 Å². The fourth-order valence-corrected chi connectivity index (χ4v) is 3.28. The highest BCUT2D eigenvalue weighted by molar-refractivity contribution is 9.10. The highest BCUT2D eigenvalue weighted by atomic mass is 79.9. The first-order valence-corrected chi connectivity index (χ1v) is 9.67. The molecule has 0 aliphatic carbocycles. The van der Waals surface area contributed by atoms with Gasteiger partial charge in [0.15, 0.2) is 0 Å². The topological polar surface area (TPSA) is 115 Å². The average molecular weight is 471 g/mol. The van der Waals surface area contributed by atoms with Crippen LogP contribution in [0.15, 0.2) is 65.3 Å². The second-order valence-corrected chi connectivity index (χ2v) is 7.33. The van der Waals surface area contributed by atoms with Crippen molar-refractivity contribution in [3.05, 3.63) is 87.7 Å². The Kier molecular flexibility index (Phi) is 6.53. The van der Waals surface area contributed by atoms with E-state index >= 15 is 0 Å². The molecule has 9 heteroatoms. The number of aryl methyl sites for hydroxylation is 1. The maximum Gasteiger partial charge on any atom is 0.286 e. The van der Waals surface area contributed by atoms with Gasteiger partial charge in [-0.1, -0.05) is 24.3 Å². The van der Waals surface area contributed by atoms with Gasteiger partial charge in [0.2, 0.25) is 0 Å². The average Bonchev–Trinajstić information content (AvgIpc) is 3.08. The molecule has 0 aliphatic heterocycles. The lowest BCUT2D eigenvalue weighted by Crippen LogP contribution is -2.42. The van der Waals surface area contributed by atoms with Crippen molar-refractivity contribution in [3.8, 4) is 5.75 Å². The van der Waals surface area contributed by atoms with Crippen molar-refractivity contribution >= 4 is 33.7 Å². The van der Waals surface area contributed by atoms with Crippen molar-refractivity contribution in [2.45, 2.75) is 6.61 Å². The first-order chi connectivity index (χ1) is 14.3. The highest BCUT2D eigenvalue weighted by Crippen LogP contribution is 2.19. The van der Waals surface area contributed by atoms with E-state index in [4.69, 9.17) is 10.5 Å². The van der Waals surface area contributed by atoms with Crippen LogP contribution in [-0.2, 0) is 13.7 Å². The molecule has 0 aliphatic rings. The molecule has 3 aromatic rings. The monoisotopic (exact) mass is 470 g/mol. The van der Waals surface area contributed by atoms with Crippen LogP contribution < -0.4 is 21.3 Å². The molecule has 1 aromatic heterocycles. The Hall–Kier alpha value is -3.59. The van der Waals surface area contributed by atoms with Crippen LogP contribution in [-0.4, -0.2) is 22.3 Å². The number of hydrogen-bond donors (Lipinski definition) is 3. The summed E-state index contributed by atoms with van der Waals surface area (Å²) < 4.78 is 8.07. The first-order valence-electron chi connectivity index (χ1n) is 8.88. The molecule has 1 heterocycles. The summed E-state index contributed by atoms with van der Waals surface area (Å²) in [4.78, 5) is 36.1. The van der Waals surface area contributed by atoms with Crippen molar-refractivity contribution in [2.75, 3.05) is 0 Å². The number of aromatic nitrogens is 1. The normalized spacial score (nSPS) is 10.3. The predicted octanol–water partition coefficient (Wildman–Crippen LogP) is 2.54. The van der Waals surface area contributed by atoms with Gasteiger partial charge in [-0.05, 0) is 51.8 Å². The third-order valence-corrected chi connectivity index (χ3v) is 4.66. The van der Waals surface area contributed by atoms with Gasteiger partial charge in [0.1, 0.15) is 18.1 Å². The zero-order valence-electron chi connectivity index (χ0n) is 16.0. The van der Waals surface area contributed by atoms with Gasteiger partial charge in [-0.25, -0.2) is 0 Å². The standard InChI is InChI=1S/C21H19BrN4O4/c1-26-11-15(22)10-17(26)21(29)25-24-20(28)14-6-4-5-13(9-14)12-30-18-8-3-2-7-16(18)19(23)27/h2-11H,12H2,1H3,(H2,23,27)(H,24,28)(H,25,29). The Morgan fingerprint density at radius 3 is 2.47 bits per heavy atom. The molecule has 4 N–H and O–H groups in total. The largest absolute Gasteiger partial charge is 0.488 e. The van der Waals surface area contributed by atoms with Gasteiger partial charge >= 0.3 is 0 Å². The van der Waals surface area contributed by atoms with E-state index in [0.29, 0.717) is 22.6 Å². The number of benzene rings is 2. The molecule has 0 fully saturated rings. The lowest BCUT2D eigenvalue weighted by molar-refractivity contribution is 0.0842. The zero-order chi connectivity index (χ0) is 21.7. The van der Waals surface area contributed by atoms with Gasteiger partial charge in [-0.2, -0.15) is 0 Å². The molecule has 0 atom stereocenters. The number of primary amides is 1. The molecule has 2 aromatic carbocycles. The minimum Gasteiger partial charge on any atom is -0.488 e. The summed E-state index contributed by atoms with van der Waals surface area (Å²) in [6, 6.07) is 15.0. The smallest absolute Gasteiger partial charge is 0.286 e. The summed E-state index contributed by atoms with van der Waals surface area (Å²) in [6.45, 7) is 0.134. The summed E-state index contributed by atoms with van der Waals surface area (Å²) in [5, 5.41) is 0. The Morgan fingerprint density at radius 2 is 1.77 bits per heavy atom. The van der Waals surface area contributed by atoms with Gasteiger partial charge in [0, 0.05) is 23.3 Å². The molecule has 154 valence electrons. The van der Waals surface area contributed by atoms with Gasteiger partial charge in [0.05, 0.1) is 5.56 Å². The Bertz CT molecular complexity index is 1110. The minimum atomic E-state index is -0.584. The van der Waals surface area contributed by atoms with Crippen LogP contribution in [0.5, 0.6) is 5.75 Å². The van der Waals surface area contributed by atoms with Crippen molar-refractivity contribution in [2.24, 2.45) is 12.8 Å². The number of nitrogens with one attached hydrogen (secondary N) is 2. The maximum atomic E-state index is 12.4. The van der Waals surface area contributed by atoms with Crippen LogP contribution in [0.3, 0.4) is 0 Å². The molecule has 3 rings (SSSR count). The lowest BCUT2D eigenvalue weighted by atomic mass is 10.1. The highest BCUT2D eigenvalue weighted by Gasteiger charge is 2.13. The summed E-state index contributed by atoms with van der Waals surface area (Å²) in [5.74, 6) is -1.14. The quantitative estimate of drug-likeness (QED) is 0.480. The summed E-state index contributed by atoms with van der Waals surface area (Å²) >= 11 is 3.29. The fraction of sp³-hybridized carbons (Fsp3) is 0.0952. The van der Waals surface area contributed by atoms with E-state index in [1.807, 2.05) is 0 Å². The van der Waals surface area contributed by atoms with E-state index in [2.05, 4.69) is 26.8 Å². The van der Waals surface area contributed by atoms with Crippen LogP contribution in [0.1, 0.15) is 36.8 Å². The molecular formula is C21H19BrN4O4. The molecule has 0 saturated carbocycles. The Morgan fingerprint density at radius 1 is 1.03 bits per heavy atom. The number of ether oxygens (including phenoxy) is 1. The number of nitrogens with two attached hydrogens (primary N) is 1. The first kappa shape index (κ1) is 21.1. The van der Waals surface area contributed by atoms with Gasteiger partial charge < -0.3 is 15.0 Å². The molecule has 0 radical (unpaired) electrons. The van der Waals surface area contributed by atoms with Gasteiger partial charge in [-0.3, -0.25) is 25.2 Å². The van der Waals surface area contributed by atoms with Crippen molar-refractivity contribution in [1.29, 1.82) is 0 Å². The maximum absolute atomic E-state index is 12.4. The van der Waals surface area contributed by atoms with Crippen LogP contribution in [0.25, 0.3) is 0 Å². The number of rotatable bonds is 6. The third kappa shape index (κ3) is 5.06. The van der Waals surface area contributed by atoms with Crippen LogP contribution in [0.2, 0.25) is 0 Å². The van der Waals surface area contributed by atoms with Crippen molar-refractivity contribution in [3.63, 3.8) is 0 Å². The molecule has 0 saturated heterocycles. The summed E-state index contributed by atoms with van der Waals surface area (Å²) in [5.41, 5.74) is 11.8. The summed E-state index contributed by atoms with van der Waals surface area (Å²) in [6.07, 6.45) is 1.73. The number of halogens is 1. The molecular weight excluding hydrogens is 452 g/mol. The molecule has 0 spiro atoms. The number of para-hydroxylation sites is 1. The Balaban J connectivity index is 1.62. The van der Waals surface area contributed by atoms with E-state index in [1.54, 1.807) is 72.4 Å². The third-order valence-electron chi connectivity index (χ3n) is 4.23. The number of carbonyl (C=O) groups excluding carboxylic acids is 3. The van der Waals surface area contributed by atoms with Gasteiger partial charge in [0.25, 0.3) is 17.7 Å². The Labute approximate surface area is 181 Å². The number of amides is 3. The lowest BCUT2D eigenvalue weighted by Gasteiger charge is -2.11. The van der Waals surface area contributed by atoms with E-state index in [-0.39, 0.29) is 12.2 Å². The zero-order valence-corrected chi connectivity index (χ0v) is 17.6. The number of nitrogens with zero attached hydrogens (tertiary/aromatic N) is 1. The SMILES string of the molecule is Cn1cc(Br)cc1C(=O)NNC(=O)c1cccc(COc2ccccc2C(N)=O)c1. The molecule has 3 amide bonds. The van der Waals surface area contributed by atoms with E-state index < -0.39 is 17.7 Å².